The lowest BCUT2D eigenvalue weighted by atomic mass is 9.82. The molecule has 0 amide bonds. The second kappa shape index (κ2) is 6.83. The molecular formula is C17H30. The van der Waals surface area contributed by atoms with Gasteiger partial charge < -0.3 is 0 Å². The van der Waals surface area contributed by atoms with Crippen LogP contribution in [0, 0.1) is 20.8 Å². The van der Waals surface area contributed by atoms with Crippen LogP contribution >= 0.6 is 0 Å². The maximum Gasteiger partial charge on any atom is -0.0213 e. The van der Waals surface area contributed by atoms with Gasteiger partial charge in [-0.3, -0.25) is 0 Å². The van der Waals surface area contributed by atoms with Crippen molar-refractivity contribution in [2.45, 2.75) is 74.1 Å². The number of benzene rings is 1. The minimum Gasteiger partial charge on any atom is -0.0683 e. The highest BCUT2D eigenvalue weighted by Gasteiger charge is 2.16. The lowest BCUT2D eigenvalue weighted by molar-refractivity contribution is 0.774. The first-order valence-electron chi connectivity index (χ1n) is 6.96. The molecule has 0 N–H and O–H groups in total. The highest BCUT2D eigenvalue weighted by molar-refractivity contribution is 5.47. The molecule has 0 spiro atoms. The number of aryl methyl sites for hydroxylation is 2. The van der Waals surface area contributed by atoms with E-state index in [0.29, 0.717) is 11.8 Å². The predicted molar refractivity (Wildman–Crippen MR) is 80.2 cm³/mol. The van der Waals surface area contributed by atoms with Gasteiger partial charge in [0.2, 0.25) is 0 Å². The summed E-state index contributed by atoms with van der Waals surface area (Å²) in [6, 6.07) is 2.33. The van der Waals surface area contributed by atoms with Crippen molar-refractivity contribution in [3.63, 3.8) is 0 Å². The van der Waals surface area contributed by atoms with Crippen LogP contribution in [0.25, 0.3) is 0 Å². The van der Waals surface area contributed by atoms with Crippen LogP contribution in [0.15, 0.2) is 6.07 Å². The van der Waals surface area contributed by atoms with E-state index in [4.69, 9.17) is 0 Å². The summed E-state index contributed by atoms with van der Waals surface area (Å²) in [5, 5.41) is 0. The first-order valence-corrected chi connectivity index (χ1v) is 6.96. The Morgan fingerprint density at radius 2 is 1.12 bits per heavy atom. The molecule has 0 radical (unpaired) electrons. The summed E-state index contributed by atoms with van der Waals surface area (Å²) >= 11 is 0. The van der Waals surface area contributed by atoms with E-state index >= 15 is 0 Å². The van der Waals surface area contributed by atoms with Gasteiger partial charge in [0, 0.05) is 0 Å². The second-order valence-corrected chi connectivity index (χ2v) is 5.27. The summed E-state index contributed by atoms with van der Waals surface area (Å²) in [7, 11) is 0. The summed E-state index contributed by atoms with van der Waals surface area (Å²) in [4.78, 5) is 0. The molecular weight excluding hydrogens is 204 g/mol. The molecule has 0 saturated heterocycles. The van der Waals surface area contributed by atoms with Gasteiger partial charge in [-0.2, -0.15) is 0 Å². The van der Waals surface area contributed by atoms with Gasteiger partial charge in [-0.25, -0.2) is 0 Å². The number of rotatable bonds is 2. The monoisotopic (exact) mass is 234 g/mol. The molecule has 17 heavy (non-hydrogen) atoms. The summed E-state index contributed by atoms with van der Waals surface area (Å²) in [6.45, 7) is 19.9. The van der Waals surface area contributed by atoms with Crippen LogP contribution in [0.1, 0.15) is 81.2 Å². The van der Waals surface area contributed by atoms with Crippen molar-refractivity contribution >= 4 is 0 Å². The number of hydrogen-bond acceptors (Lipinski definition) is 0. The molecule has 0 saturated carbocycles. The molecule has 0 nitrogen and oxygen atoms in total. The minimum absolute atomic E-state index is 0.626. The largest absolute Gasteiger partial charge is 0.0683 e. The molecule has 0 aliphatic heterocycles. The molecule has 1 rings (SSSR count). The highest BCUT2D eigenvalue weighted by atomic mass is 14.2. The van der Waals surface area contributed by atoms with Gasteiger partial charge in [0.1, 0.15) is 0 Å². The second-order valence-electron chi connectivity index (χ2n) is 5.27. The SMILES string of the molecule is CC.Cc1cc(C)c(C(C)C)c(C(C)C)c1C. The Morgan fingerprint density at radius 1 is 0.706 bits per heavy atom. The van der Waals surface area contributed by atoms with Gasteiger partial charge in [-0.1, -0.05) is 47.6 Å². The molecule has 0 bridgehead atoms. The van der Waals surface area contributed by atoms with Crippen LogP contribution in [0.2, 0.25) is 0 Å². The fourth-order valence-electron chi connectivity index (χ4n) is 2.65. The third kappa shape index (κ3) is 3.59. The Hall–Kier alpha value is -0.780. The van der Waals surface area contributed by atoms with E-state index in [1.807, 2.05) is 13.8 Å². The third-order valence-corrected chi connectivity index (χ3v) is 3.30. The maximum atomic E-state index is 2.33. The molecule has 0 heteroatoms. The average molecular weight is 234 g/mol. The summed E-state index contributed by atoms with van der Waals surface area (Å²) in [5.41, 5.74) is 7.51. The predicted octanol–water partition coefficient (Wildman–Crippen LogP) is 5.88. The standard InChI is InChI=1S/C15H24.C2H6/c1-9(2)14-12(6)8-11(5)13(7)15(14)10(3)4;1-2/h8-10H,1-7H3;1-2H3. The summed E-state index contributed by atoms with van der Waals surface area (Å²) in [5.74, 6) is 1.25. The Kier molecular flexibility index (Phi) is 6.52. The van der Waals surface area contributed by atoms with Crippen LogP contribution < -0.4 is 0 Å². The van der Waals surface area contributed by atoms with Crippen molar-refractivity contribution in [2.75, 3.05) is 0 Å². The van der Waals surface area contributed by atoms with E-state index < -0.39 is 0 Å². The highest BCUT2D eigenvalue weighted by Crippen LogP contribution is 2.33. The Balaban J connectivity index is 0.00000121. The molecule has 0 aliphatic carbocycles. The maximum absolute atomic E-state index is 2.33. The first-order chi connectivity index (χ1) is 7.86. The lowest BCUT2D eigenvalue weighted by Gasteiger charge is -2.23. The van der Waals surface area contributed by atoms with Gasteiger partial charge in [0.25, 0.3) is 0 Å². The normalized spacial score (nSPS) is 10.5. The Labute approximate surface area is 108 Å². The number of hydrogen-bond donors (Lipinski definition) is 0. The zero-order valence-electron chi connectivity index (χ0n) is 13.2. The topological polar surface area (TPSA) is 0 Å². The first kappa shape index (κ1) is 16.2. The molecule has 98 valence electrons. The van der Waals surface area contributed by atoms with Crippen molar-refractivity contribution in [3.8, 4) is 0 Å². The molecule has 0 unspecified atom stereocenters. The fourth-order valence-corrected chi connectivity index (χ4v) is 2.65. The summed E-state index contributed by atoms with van der Waals surface area (Å²) in [6.07, 6.45) is 0. The van der Waals surface area contributed by atoms with E-state index in [-0.39, 0.29) is 0 Å². The van der Waals surface area contributed by atoms with Crippen molar-refractivity contribution < 1.29 is 0 Å². The molecule has 0 heterocycles. The van der Waals surface area contributed by atoms with Gasteiger partial charge in [-0.05, 0) is 60.4 Å². The quantitative estimate of drug-likeness (QED) is 0.599. The van der Waals surface area contributed by atoms with Crippen LogP contribution in [0.5, 0.6) is 0 Å². The lowest BCUT2D eigenvalue weighted by Crippen LogP contribution is -2.06. The van der Waals surface area contributed by atoms with Crippen molar-refractivity contribution in [1.82, 2.24) is 0 Å². The van der Waals surface area contributed by atoms with E-state index in [9.17, 15) is 0 Å². The van der Waals surface area contributed by atoms with E-state index in [0.717, 1.165) is 0 Å². The third-order valence-electron chi connectivity index (χ3n) is 3.30. The smallest absolute Gasteiger partial charge is 0.0213 e. The zero-order chi connectivity index (χ0) is 13.7. The van der Waals surface area contributed by atoms with E-state index in [1.165, 1.54) is 16.7 Å². The van der Waals surface area contributed by atoms with Crippen LogP contribution in [0.3, 0.4) is 0 Å². The minimum atomic E-state index is 0.626. The van der Waals surface area contributed by atoms with Crippen molar-refractivity contribution in [1.29, 1.82) is 0 Å². The van der Waals surface area contributed by atoms with Crippen LogP contribution in [0.4, 0.5) is 0 Å². The zero-order valence-corrected chi connectivity index (χ0v) is 13.2. The van der Waals surface area contributed by atoms with Gasteiger partial charge in [0.05, 0.1) is 0 Å². The van der Waals surface area contributed by atoms with Gasteiger partial charge in [0.15, 0.2) is 0 Å². The van der Waals surface area contributed by atoms with Crippen LogP contribution in [-0.2, 0) is 0 Å². The molecule has 1 aromatic rings. The van der Waals surface area contributed by atoms with E-state index in [2.05, 4.69) is 54.5 Å². The van der Waals surface area contributed by atoms with Gasteiger partial charge >= 0.3 is 0 Å². The van der Waals surface area contributed by atoms with Crippen molar-refractivity contribution in [2.24, 2.45) is 0 Å². The molecule has 0 atom stereocenters. The molecule has 0 fully saturated rings. The summed E-state index contributed by atoms with van der Waals surface area (Å²) < 4.78 is 0. The molecule has 1 aromatic carbocycles. The van der Waals surface area contributed by atoms with Crippen LogP contribution in [-0.4, -0.2) is 0 Å². The Bertz CT molecular complexity index is 357. The van der Waals surface area contributed by atoms with Gasteiger partial charge in [-0.15, -0.1) is 0 Å². The molecule has 0 aliphatic rings. The molecule has 0 aromatic heterocycles. The average Bonchev–Trinajstić information content (AvgIpc) is 2.24. The Morgan fingerprint density at radius 3 is 1.47 bits per heavy atom. The fraction of sp³-hybridized carbons (Fsp3) is 0.647. The van der Waals surface area contributed by atoms with E-state index in [1.54, 1.807) is 11.1 Å². The van der Waals surface area contributed by atoms with Crippen molar-refractivity contribution in [3.05, 3.63) is 33.9 Å².